The molecule has 6 heteroatoms. The Morgan fingerprint density at radius 1 is 1.75 bits per heavy atom. The van der Waals surface area contributed by atoms with E-state index in [0.29, 0.717) is 4.90 Å². The fourth-order valence-electron chi connectivity index (χ4n) is 0.519. The summed E-state index contributed by atoms with van der Waals surface area (Å²) >= 11 is 1.04. The van der Waals surface area contributed by atoms with Crippen LogP contribution in [0.25, 0.3) is 0 Å². The van der Waals surface area contributed by atoms with Gasteiger partial charge in [-0.3, -0.25) is 4.72 Å². The van der Waals surface area contributed by atoms with Crippen LogP contribution in [-0.2, 0) is 0 Å². The molecular weight excluding hydrogens is 180 g/mol. The first-order chi connectivity index (χ1) is 5.63. The predicted octanol–water partition coefficient (Wildman–Crippen LogP) is 1.14. The van der Waals surface area contributed by atoms with Gasteiger partial charge < -0.3 is 5.11 Å². The van der Waals surface area contributed by atoms with Crippen LogP contribution in [0.5, 0.6) is 0 Å². The molecule has 0 aliphatic carbocycles. The lowest BCUT2D eigenvalue weighted by Gasteiger charge is -2.14. The Morgan fingerprint density at radius 3 is 2.67 bits per heavy atom. The van der Waals surface area contributed by atoms with Crippen molar-refractivity contribution in [2.24, 2.45) is 0 Å². The summed E-state index contributed by atoms with van der Waals surface area (Å²) in [6, 6.07) is -0.658. The van der Waals surface area contributed by atoms with Crippen molar-refractivity contribution in [2.45, 2.75) is 0 Å². The number of carboxylic acid groups (broad SMARTS) is 1. The van der Waals surface area contributed by atoms with Crippen LogP contribution >= 0.6 is 11.9 Å². The van der Waals surface area contributed by atoms with Gasteiger partial charge in [-0.1, -0.05) is 18.0 Å². The van der Waals surface area contributed by atoms with Gasteiger partial charge in [0, 0.05) is 6.26 Å². The summed E-state index contributed by atoms with van der Waals surface area (Å²) in [5.41, 5.74) is 0. The monoisotopic (exact) mass is 190 g/mol. The molecule has 0 saturated heterocycles. The summed E-state index contributed by atoms with van der Waals surface area (Å²) in [5.74, 6) is 0. The topological polar surface area (TPSA) is 69.6 Å². The molecule has 0 unspecified atom stereocenters. The van der Waals surface area contributed by atoms with E-state index in [1.165, 1.54) is 6.08 Å². The van der Waals surface area contributed by atoms with E-state index in [2.05, 4.69) is 11.3 Å². The summed E-state index contributed by atoms with van der Waals surface area (Å²) in [7, 11) is 0. The number of urea groups is 1. The SMILES string of the molecule is C=CCN(C(=O)O)C(=O)NSC. The van der Waals surface area contributed by atoms with Gasteiger partial charge >= 0.3 is 12.1 Å². The molecule has 0 fully saturated rings. The summed E-state index contributed by atoms with van der Waals surface area (Å²) < 4.78 is 2.29. The second-order valence-electron chi connectivity index (χ2n) is 1.79. The fourth-order valence-corrected chi connectivity index (χ4v) is 0.804. The molecule has 3 amide bonds. The Hall–Kier alpha value is -1.17. The molecule has 12 heavy (non-hydrogen) atoms. The second-order valence-corrected chi connectivity index (χ2v) is 2.41. The van der Waals surface area contributed by atoms with Gasteiger partial charge in [0.25, 0.3) is 0 Å². The maximum atomic E-state index is 10.9. The highest BCUT2D eigenvalue weighted by Gasteiger charge is 2.17. The van der Waals surface area contributed by atoms with Crippen LogP contribution in [0.3, 0.4) is 0 Å². The number of rotatable bonds is 3. The van der Waals surface area contributed by atoms with Gasteiger partial charge in [0.15, 0.2) is 0 Å². The van der Waals surface area contributed by atoms with Crippen LogP contribution in [0.2, 0.25) is 0 Å². The van der Waals surface area contributed by atoms with E-state index >= 15 is 0 Å². The highest BCUT2D eigenvalue weighted by atomic mass is 32.2. The normalized spacial score (nSPS) is 8.75. The van der Waals surface area contributed by atoms with Crippen molar-refractivity contribution in [2.75, 3.05) is 12.8 Å². The predicted molar refractivity (Wildman–Crippen MR) is 47.0 cm³/mol. The van der Waals surface area contributed by atoms with Crippen LogP contribution in [0.1, 0.15) is 0 Å². The lowest BCUT2D eigenvalue weighted by atomic mass is 10.5. The maximum absolute atomic E-state index is 10.9. The molecule has 0 aliphatic heterocycles. The molecule has 0 aromatic heterocycles. The summed E-state index contributed by atoms with van der Waals surface area (Å²) in [5, 5.41) is 8.51. The highest BCUT2D eigenvalue weighted by molar-refractivity contribution is 7.97. The Bertz CT molecular complexity index is 195. The molecule has 0 aromatic rings. The first kappa shape index (κ1) is 10.8. The van der Waals surface area contributed by atoms with Crippen LogP contribution in [-0.4, -0.2) is 34.9 Å². The van der Waals surface area contributed by atoms with Crippen LogP contribution < -0.4 is 4.72 Å². The standard InChI is InChI=1S/C6H10N2O3S/c1-3-4-8(6(10)11)5(9)7-12-2/h3H,1,4H2,2H3,(H,7,9)(H,10,11). The number of carbonyl (C=O) groups excluding carboxylic acids is 1. The third kappa shape index (κ3) is 3.29. The Kier molecular flexibility index (Phi) is 4.94. The van der Waals surface area contributed by atoms with Crippen molar-refractivity contribution in [3.05, 3.63) is 12.7 Å². The number of hydrogen-bond donors (Lipinski definition) is 2. The van der Waals surface area contributed by atoms with E-state index in [4.69, 9.17) is 5.11 Å². The zero-order valence-electron chi connectivity index (χ0n) is 6.61. The quantitative estimate of drug-likeness (QED) is 0.517. The number of carbonyl (C=O) groups is 2. The fraction of sp³-hybridized carbons (Fsp3) is 0.333. The van der Waals surface area contributed by atoms with E-state index in [-0.39, 0.29) is 6.54 Å². The molecule has 5 nitrogen and oxygen atoms in total. The van der Waals surface area contributed by atoms with Crippen molar-refractivity contribution < 1.29 is 14.7 Å². The van der Waals surface area contributed by atoms with E-state index in [1.807, 2.05) is 0 Å². The lowest BCUT2D eigenvalue weighted by Crippen LogP contribution is -2.40. The molecular formula is C6H10N2O3S. The molecule has 68 valence electrons. The number of hydrogen-bond acceptors (Lipinski definition) is 3. The minimum absolute atomic E-state index is 0.0122. The number of nitrogens with zero attached hydrogens (tertiary/aromatic N) is 1. The first-order valence-electron chi connectivity index (χ1n) is 3.07. The molecule has 0 atom stereocenters. The van der Waals surface area contributed by atoms with Gasteiger partial charge in [0.1, 0.15) is 0 Å². The zero-order valence-corrected chi connectivity index (χ0v) is 7.43. The molecule has 0 saturated carbocycles. The number of nitrogens with one attached hydrogen (secondary N) is 1. The third-order valence-electron chi connectivity index (χ3n) is 0.977. The molecule has 0 aliphatic rings. The van der Waals surface area contributed by atoms with E-state index in [1.54, 1.807) is 6.26 Å². The Balaban J connectivity index is 4.18. The second kappa shape index (κ2) is 5.48. The van der Waals surface area contributed by atoms with E-state index in [9.17, 15) is 9.59 Å². The number of imide groups is 1. The summed E-state index contributed by atoms with van der Waals surface area (Å²) in [4.78, 5) is 22.0. The summed E-state index contributed by atoms with van der Waals surface area (Å²) in [6.07, 6.45) is 1.68. The molecule has 0 heterocycles. The summed E-state index contributed by atoms with van der Waals surface area (Å²) in [6.45, 7) is 3.32. The average Bonchev–Trinajstić information content (AvgIpc) is 1.99. The molecule has 0 radical (unpaired) electrons. The molecule has 0 spiro atoms. The van der Waals surface area contributed by atoms with E-state index in [0.717, 1.165) is 11.9 Å². The van der Waals surface area contributed by atoms with Crippen LogP contribution in [0, 0.1) is 0 Å². The van der Waals surface area contributed by atoms with Crippen molar-refractivity contribution in [1.82, 2.24) is 9.62 Å². The minimum atomic E-state index is -1.29. The first-order valence-corrected chi connectivity index (χ1v) is 4.30. The van der Waals surface area contributed by atoms with Crippen molar-refractivity contribution in [1.29, 1.82) is 0 Å². The highest BCUT2D eigenvalue weighted by Crippen LogP contribution is 1.94. The van der Waals surface area contributed by atoms with Crippen molar-refractivity contribution >= 4 is 24.1 Å². The largest absolute Gasteiger partial charge is 0.465 e. The minimum Gasteiger partial charge on any atom is -0.465 e. The van der Waals surface area contributed by atoms with Gasteiger partial charge in [-0.2, -0.15) is 0 Å². The molecule has 0 bridgehead atoms. The Morgan fingerprint density at radius 2 is 2.33 bits per heavy atom. The van der Waals surface area contributed by atoms with E-state index < -0.39 is 12.1 Å². The smallest absolute Gasteiger partial charge is 0.415 e. The molecule has 0 aromatic carbocycles. The molecule has 2 N–H and O–H groups in total. The van der Waals surface area contributed by atoms with Gasteiger partial charge in [-0.05, 0) is 0 Å². The average molecular weight is 190 g/mol. The van der Waals surface area contributed by atoms with Crippen molar-refractivity contribution in [3.8, 4) is 0 Å². The number of amides is 3. The van der Waals surface area contributed by atoms with Crippen LogP contribution in [0.15, 0.2) is 12.7 Å². The Labute approximate surface area is 74.6 Å². The van der Waals surface area contributed by atoms with Crippen LogP contribution in [0.4, 0.5) is 9.59 Å². The maximum Gasteiger partial charge on any atom is 0.415 e. The van der Waals surface area contributed by atoms with Crippen molar-refractivity contribution in [3.63, 3.8) is 0 Å². The van der Waals surface area contributed by atoms with Gasteiger partial charge in [-0.25, -0.2) is 14.5 Å². The van der Waals surface area contributed by atoms with Gasteiger partial charge in [0.2, 0.25) is 0 Å². The van der Waals surface area contributed by atoms with Gasteiger partial charge in [0.05, 0.1) is 6.54 Å². The lowest BCUT2D eigenvalue weighted by molar-refractivity contribution is 0.154. The third-order valence-corrected chi connectivity index (χ3v) is 1.36. The zero-order chi connectivity index (χ0) is 9.56. The molecule has 0 rings (SSSR count). The van der Waals surface area contributed by atoms with Gasteiger partial charge in [-0.15, -0.1) is 6.58 Å².